The minimum absolute atomic E-state index is 0.0140. The lowest BCUT2D eigenvalue weighted by molar-refractivity contribution is -0.161. The number of rotatable bonds is 3. The van der Waals surface area contributed by atoms with Gasteiger partial charge in [-0.3, -0.25) is 4.79 Å². The van der Waals surface area contributed by atoms with Crippen molar-refractivity contribution in [1.29, 1.82) is 0 Å². The van der Waals surface area contributed by atoms with E-state index >= 15 is 0 Å². The van der Waals surface area contributed by atoms with Gasteiger partial charge in [-0.15, -0.1) is 0 Å². The summed E-state index contributed by atoms with van der Waals surface area (Å²) in [7, 11) is 0. The van der Waals surface area contributed by atoms with E-state index in [1.807, 2.05) is 20.8 Å². The Bertz CT molecular complexity index is 244. The summed E-state index contributed by atoms with van der Waals surface area (Å²) in [5, 5.41) is 0. The molecule has 2 heteroatoms. The Labute approximate surface area is 106 Å². The molecule has 0 amide bonds. The molecule has 0 bridgehead atoms. The Morgan fingerprint density at radius 2 is 1.76 bits per heavy atom. The zero-order chi connectivity index (χ0) is 13.1. The first kappa shape index (κ1) is 14.5. The van der Waals surface area contributed by atoms with Crippen LogP contribution >= 0.6 is 0 Å². The van der Waals surface area contributed by atoms with Crippen LogP contribution in [0.4, 0.5) is 0 Å². The summed E-state index contributed by atoms with van der Waals surface area (Å²) in [6, 6.07) is 0. The molecule has 0 N–H and O–H groups in total. The molecular formula is C15H28O2. The highest BCUT2D eigenvalue weighted by Gasteiger charge is 2.31. The van der Waals surface area contributed by atoms with E-state index in [-0.39, 0.29) is 17.5 Å². The summed E-state index contributed by atoms with van der Waals surface area (Å²) in [5.41, 5.74) is -0.343. The maximum absolute atomic E-state index is 11.9. The van der Waals surface area contributed by atoms with Gasteiger partial charge < -0.3 is 4.74 Å². The van der Waals surface area contributed by atoms with Gasteiger partial charge in [0, 0.05) is 0 Å². The highest BCUT2D eigenvalue weighted by atomic mass is 16.6. The molecule has 0 aliphatic heterocycles. The molecule has 2 nitrogen and oxygen atoms in total. The summed E-state index contributed by atoms with van der Waals surface area (Å²) >= 11 is 0. The van der Waals surface area contributed by atoms with Crippen LogP contribution in [0.3, 0.4) is 0 Å². The van der Waals surface area contributed by atoms with Crippen molar-refractivity contribution in [2.24, 2.45) is 17.8 Å². The number of carbonyl (C=O) groups excluding carboxylic acids is 1. The maximum Gasteiger partial charge on any atom is 0.309 e. The van der Waals surface area contributed by atoms with Crippen LogP contribution in [0.2, 0.25) is 0 Å². The fraction of sp³-hybridized carbons (Fsp3) is 0.933. The van der Waals surface area contributed by atoms with Gasteiger partial charge in [0.2, 0.25) is 0 Å². The molecule has 0 heterocycles. The first-order chi connectivity index (χ1) is 7.83. The predicted octanol–water partition coefficient (Wildman–Crippen LogP) is 4.18. The van der Waals surface area contributed by atoms with Crippen molar-refractivity contribution in [1.82, 2.24) is 0 Å². The Kier molecular flexibility index (Phi) is 5.03. The third-order valence-corrected chi connectivity index (χ3v) is 3.96. The van der Waals surface area contributed by atoms with E-state index < -0.39 is 0 Å². The van der Waals surface area contributed by atoms with Gasteiger partial charge >= 0.3 is 5.97 Å². The van der Waals surface area contributed by atoms with Crippen LogP contribution in [0.25, 0.3) is 0 Å². The Hall–Kier alpha value is -0.530. The summed E-state index contributed by atoms with van der Waals surface area (Å²) in [4.78, 5) is 11.9. The number of esters is 1. The second-order valence-electron chi connectivity index (χ2n) is 6.53. The standard InChI is InChI=1S/C15H28O2/c1-6-11(2)12-7-9-13(10-8-12)14(16)17-15(3,4)5/h11-13H,6-10H2,1-5H3. The molecular weight excluding hydrogens is 212 g/mol. The van der Waals surface area contributed by atoms with Crippen molar-refractivity contribution in [3.8, 4) is 0 Å². The molecule has 100 valence electrons. The second kappa shape index (κ2) is 5.88. The van der Waals surface area contributed by atoms with E-state index in [4.69, 9.17) is 4.74 Å². The van der Waals surface area contributed by atoms with Gasteiger partial charge in [-0.05, 0) is 58.3 Å². The van der Waals surface area contributed by atoms with Gasteiger partial charge in [0.1, 0.15) is 5.60 Å². The van der Waals surface area contributed by atoms with E-state index in [1.54, 1.807) is 0 Å². The normalized spacial score (nSPS) is 27.6. The highest BCUT2D eigenvalue weighted by molar-refractivity contribution is 5.72. The highest BCUT2D eigenvalue weighted by Crippen LogP contribution is 2.35. The van der Waals surface area contributed by atoms with Crippen molar-refractivity contribution in [3.05, 3.63) is 0 Å². The number of ether oxygens (including phenoxy) is 1. The zero-order valence-electron chi connectivity index (χ0n) is 12.1. The van der Waals surface area contributed by atoms with Gasteiger partial charge in [0.05, 0.1) is 5.92 Å². The van der Waals surface area contributed by atoms with Crippen molar-refractivity contribution < 1.29 is 9.53 Å². The minimum Gasteiger partial charge on any atom is -0.460 e. The summed E-state index contributed by atoms with van der Waals surface area (Å²) in [6.07, 6.45) is 5.67. The minimum atomic E-state index is -0.343. The molecule has 0 aromatic heterocycles. The molecule has 0 spiro atoms. The first-order valence-corrected chi connectivity index (χ1v) is 7.06. The van der Waals surface area contributed by atoms with Crippen molar-refractivity contribution in [2.75, 3.05) is 0 Å². The van der Waals surface area contributed by atoms with E-state index in [1.165, 1.54) is 19.3 Å². The molecule has 0 aromatic carbocycles. The van der Waals surface area contributed by atoms with Crippen molar-refractivity contribution in [3.63, 3.8) is 0 Å². The SMILES string of the molecule is CCC(C)C1CCC(C(=O)OC(C)(C)C)CC1. The third-order valence-electron chi connectivity index (χ3n) is 3.96. The van der Waals surface area contributed by atoms with E-state index in [0.717, 1.165) is 24.7 Å². The fourth-order valence-electron chi connectivity index (χ4n) is 2.64. The molecule has 1 saturated carbocycles. The van der Waals surface area contributed by atoms with Crippen LogP contribution in [0.15, 0.2) is 0 Å². The Morgan fingerprint density at radius 1 is 1.24 bits per heavy atom. The fourth-order valence-corrected chi connectivity index (χ4v) is 2.64. The van der Waals surface area contributed by atoms with E-state index in [9.17, 15) is 4.79 Å². The number of hydrogen-bond donors (Lipinski definition) is 0. The van der Waals surface area contributed by atoms with Crippen LogP contribution in [0.1, 0.15) is 66.7 Å². The lowest BCUT2D eigenvalue weighted by Gasteiger charge is -2.32. The molecule has 0 aromatic rings. The van der Waals surface area contributed by atoms with Crippen molar-refractivity contribution >= 4 is 5.97 Å². The first-order valence-electron chi connectivity index (χ1n) is 7.06. The van der Waals surface area contributed by atoms with Crippen LogP contribution in [0.5, 0.6) is 0 Å². The monoisotopic (exact) mass is 240 g/mol. The summed E-state index contributed by atoms with van der Waals surface area (Å²) in [6.45, 7) is 10.4. The van der Waals surface area contributed by atoms with E-state index in [2.05, 4.69) is 13.8 Å². The van der Waals surface area contributed by atoms with Gasteiger partial charge in [-0.1, -0.05) is 20.3 Å². The van der Waals surface area contributed by atoms with Gasteiger partial charge in [-0.2, -0.15) is 0 Å². The van der Waals surface area contributed by atoms with Gasteiger partial charge in [0.15, 0.2) is 0 Å². The van der Waals surface area contributed by atoms with Crippen LogP contribution in [0, 0.1) is 17.8 Å². The quantitative estimate of drug-likeness (QED) is 0.692. The topological polar surface area (TPSA) is 26.3 Å². The Morgan fingerprint density at radius 3 is 2.18 bits per heavy atom. The maximum atomic E-state index is 11.9. The molecule has 1 atom stereocenters. The molecule has 0 saturated heterocycles. The molecule has 17 heavy (non-hydrogen) atoms. The lowest BCUT2D eigenvalue weighted by Crippen LogP contribution is -2.31. The average Bonchev–Trinajstić information content (AvgIpc) is 2.26. The molecule has 1 aliphatic rings. The van der Waals surface area contributed by atoms with Crippen LogP contribution < -0.4 is 0 Å². The van der Waals surface area contributed by atoms with Crippen LogP contribution in [-0.4, -0.2) is 11.6 Å². The lowest BCUT2D eigenvalue weighted by atomic mass is 9.75. The Balaban J connectivity index is 2.39. The number of hydrogen-bond acceptors (Lipinski definition) is 2. The van der Waals surface area contributed by atoms with E-state index in [0.29, 0.717) is 0 Å². The smallest absolute Gasteiger partial charge is 0.309 e. The van der Waals surface area contributed by atoms with Crippen LogP contribution in [-0.2, 0) is 9.53 Å². The van der Waals surface area contributed by atoms with Gasteiger partial charge in [-0.25, -0.2) is 0 Å². The van der Waals surface area contributed by atoms with Crippen molar-refractivity contribution in [2.45, 2.75) is 72.3 Å². The second-order valence-corrected chi connectivity index (χ2v) is 6.53. The molecule has 1 aliphatic carbocycles. The largest absolute Gasteiger partial charge is 0.460 e. The molecule has 1 rings (SSSR count). The predicted molar refractivity (Wildman–Crippen MR) is 70.7 cm³/mol. The summed E-state index contributed by atoms with van der Waals surface area (Å²) < 4.78 is 5.46. The summed E-state index contributed by atoms with van der Waals surface area (Å²) in [5.74, 6) is 1.78. The molecule has 1 fully saturated rings. The zero-order valence-corrected chi connectivity index (χ0v) is 12.1. The third kappa shape index (κ3) is 4.69. The molecule has 1 unspecified atom stereocenters. The van der Waals surface area contributed by atoms with Gasteiger partial charge in [0.25, 0.3) is 0 Å². The number of carbonyl (C=O) groups is 1. The molecule has 0 radical (unpaired) electrons. The average molecular weight is 240 g/mol.